The lowest BCUT2D eigenvalue weighted by Gasteiger charge is -2.10. The van der Waals surface area contributed by atoms with E-state index in [0.717, 1.165) is 16.6 Å². The van der Waals surface area contributed by atoms with Gasteiger partial charge in [0.15, 0.2) is 0 Å². The van der Waals surface area contributed by atoms with Crippen LogP contribution in [-0.2, 0) is 4.79 Å². The smallest absolute Gasteiger partial charge is 0.290 e. The number of imidazole rings is 1. The summed E-state index contributed by atoms with van der Waals surface area (Å²) < 4.78 is 0. The number of fused-ring (bicyclic) bond motifs is 1. The van der Waals surface area contributed by atoms with Crippen LogP contribution in [0.1, 0.15) is 15.9 Å². The Kier molecular flexibility index (Phi) is 5.67. The molecular weight excluding hydrogens is 322 g/mol. The highest BCUT2D eigenvalue weighted by Gasteiger charge is 2.09. The van der Waals surface area contributed by atoms with Gasteiger partial charge in [0.1, 0.15) is 5.82 Å². The van der Waals surface area contributed by atoms with E-state index in [1.54, 1.807) is 32.4 Å². The Morgan fingerprint density at radius 3 is 2.56 bits per heavy atom. The molecule has 8 heteroatoms. The Bertz CT molecular complexity index is 872. The molecule has 0 atom stereocenters. The number of carboxylic acid groups (broad SMARTS) is 1. The van der Waals surface area contributed by atoms with E-state index >= 15 is 0 Å². The summed E-state index contributed by atoms with van der Waals surface area (Å²) in [5, 5.41) is 10.0. The number of aryl methyl sites for hydroxylation is 1. The molecule has 0 spiro atoms. The Morgan fingerprint density at radius 2 is 2.00 bits per heavy atom. The molecule has 2 aromatic heterocycles. The van der Waals surface area contributed by atoms with Crippen molar-refractivity contribution in [2.45, 2.75) is 6.92 Å². The van der Waals surface area contributed by atoms with Crippen molar-refractivity contribution in [2.75, 3.05) is 19.4 Å². The van der Waals surface area contributed by atoms with Gasteiger partial charge >= 0.3 is 0 Å². The second kappa shape index (κ2) is 7.91. The molecule has 3 aromatic rings. The lowest BCUT2D eigenvalue weighted by atomic mass is 10.2. The Hall–Kier alpha value is -3.42. The predicted molar refractivity (Wildman–Crippen MR) is 95.1 cm³/mol. The van der Waals surface area contributed by atoms with Crippen molar-refractivity contribution in [2.24, 2.45) is 0 Å². The van der Waals surface area contributed by atoms with Crippen LogP contribution in [0.4, 0.5) is 11.8 Å². The van der Waals surface area contributed by atoms with Gasteiger partial charge in [-0.2, -0.15) is 0 Å². The number of anilines is 2. The van der Waals surface area contributed by atoms with Gasteiger partial charge in [-0.05, 0) is 30.7 Å². The average Bonchev–Trinajstić information content (AvgIpc) is 2.99. The van der Waals surface area contributed by atoms with Gasteiger partial charge in [0.25, 0.3) is 12.4 Å². The van der Waals surface area contributed by atoms with E-state index < -0.39 is 0 Å². The van der Waals surface area contributed by atoms with Crippen LogP contribution in [0.25, 0.3) is 11.0 Å². The Balaban J connectivity index is 0.000000701. The molecule has 130 valence electrons. The molecule has 1 aromatic carbocycles. The monoisotopic (exact) mass is 341 g/mol. The molecule has 0 unspecified atom stereocenters. The summed E-state index contributed by atoms with van der Waals surface area (Å²) in [6, 6.07) is 9.49. The molecule has 2 heterocycles. The molecule has 8 nitrogen and oxygen atoms in total. The van der Waals surface area contributed by atoms with Crippen molar-refractivity contribution >= 4 is 35.2 Å². The lowest BCUT2D eigenvalue weighted by Crippen LogP contribution is -2.21. The minimum Gasteiger partial charge on any atom is -0.483 e. The van der Waals surface area contributed by atoms with Crippen LogP contribution in [-0.4, -0.2) is 51.4 Å². The largest absolute Gasteiger partial charge is 0.483 e. The average molecular weight is 341 g/mol. The predicted octanol–water partition coefficient (Wildman–Crippen LogP) is 2.41. The van der Waals surface area contributed by atoms with Gasteiger partial charge in [0, 0.05) is 20.3 Å². The minimum absolute atomic E-state index is 0.0709. The number of nitrogens with one attached hydrogen (secondary N) is 2. The summed E-state index contributed by atoms with van der Waals surface area (Å²) in [5.41, 5.74) is 3.57. The van der Waals surface area contributed by atoms with Gasteiger partial charge in [-0.1, -0.05) is 12.1 Å². The van der Waals surface area contributed by atoms with E-state index in [2.05, 4.69) is 20.3 Å². The maximum Gasteiger partial charge on any atom is 0.290 e. The molecule has 0 aliphatic rings. The van der Waals surface area contributed by atoms with Crippen LogP contribution >= 0.6 is 0 Å². The first-order valence-corrected chi connectivity index (χ1v) is 7.44. The molecule has 1 amide bonds. The maximum absolute atomic E-state index is 11.8. The first-order valence-electron chi connectivity index (χ1n) is 7.44. The van der Waals surface area contributed by atoms with Crippen LogP contribution in [0.5, 0.6) is 0 Å². The summed E-state index contributed by atoms with van der Waals surface area (Å²) in [5.74, 6) is 1.19. The fourth-order valence-corrected chi connectivity index (χ4v) is 2.21. The van der Waals surface area contributed by atoms with Crippen molar-refractivity contribution < 1.29 is 14.7 Å². The fourth-order valence-electron chi connectivity index (χ4n) is 2.21. The SMILES string of the molecule is Cc1cccc2[nH]c(Nc3ccc(C(=O)N(C)C)cn3)nc12.O=CO. The molecule has 0 aliphatic carbocycles. The second-order valence-electron chi connectivity index (χ2n) is 5.42. The Morgan fingerprint density at radius 1 is 1.28 bits per heavy atom. The van der Waals surface area contributed by atoms with Gasteiger partial charge in [-0.25, -0.2) is 9.97 Å². The summed E-state index contributed by atoms with van der Waals surface area (Å²) in [6.45, 7) is 1.77. The number of aromatic nitrogens is 3. The zero-order chi connectivity index (χ0) is 18.4. The molecule has 0 bridgehead atoms. The lowest BCUT2D eigenvalue weighted by molar-refractivity contribution is -0.122. The number of carbonyl (C=O) groups excluding carboxylic acids is 1. The highest BCUT2D eigenvalue weighted by Crippen LogP contribution is 2.20. The molecule has 0 saturated heterocycles. The van der Waals surface area contributed by atoms with E-state index in [1.807, 2.05) is 25.1 Å². The molecule has 25 heavy (non-hydrogen) atoms. The normalized spacial score (nSPS) is 9.88. The van der Waals surface area contributed by atoms with Crippen LogP contribution in [0, 0.1) is 6.92 Å². The first kappa shape index (κ1) is 17.9. The van der Waals surface area contributed by atoms with E-state index in [4.69, 9.17) is 9.90 Å². The maximum atomic E-state index is 11.8. The summed E-state index contributed by atoms with van der Waals surface area (Å²) in [4.78, 5) is 33.7. The number of hydrogen-bond acceptors (Lipinski definition) is 5. The van der Waals surface area contributed by atoms with Gasteiger partial charge < -0.3 is 20.3 Å². The van der Waals surface area contributed by atoms with Gasteiger partial charge in [0.2, 0.25) is 5.95 Å². The standard InChI is InChI=1S/C16H17N5O.CH2O2/c1-10-5-4-6-12-14(10)20-16(18-12)19-13-8-7-11(9-17-13)15(22)21(2)3;2-1-3/h4-9H,1-3H3,(H2,17,18,19,20);1H,(H,2,3). The second-order valence-corrected chi connectivity index (χ2v) is 5.42. The van der Waals surface area contributed by atoms with Crippen LogP contribution < -0.4 is 5.32 Å². The number of aromatic amines is 1. The van der Waals surface area contributed by atoms with Crippen molar-refractivity contribution in [3.8, 4) is 0 Å². The summed E-state index contributed by atoms with van der Waals surface area (Å²) >= 11 is 0. The number of carbonyl (C=O) groups is 2. The number of pyridine rings is 1. The van der Waals surface area contributed by atoms with Gasteiger partial charge in [-0.3, -0.25) is 9.59 Å². The molecule has 0 fully saturated rings. The summed E-state index contributed by atoms with van der Waals surface area (Å²) in [7, 11) is 3.43. The number of H-pyrrole nitrogens is 1. The third kappa shape index (κ3) is 4.31. The molecule has 0 radical (unpaired) electrons. The molecular formula is C17H19N5O3. The minimum atomic E-state index is -0.250. The van der Waals surface area contributed by atoms with Gasteiger partial charge in [0.05, 0.1) is 16.6 Å². The number of amides is 1. The zero-order valence-electron chi connectivity index (χ0n) is 14.1. The number of nitrogens with zero attached hydrogens (tertiary/aromatic N) is 3. The van der Waals surface area contributed by atoms with Crippen molar-refractivity contribution in [3.05, 3.63) is 47.7 Å². The quantitative estimate of drug-likeness (QED) is 0.631. The fraction of sp³-hybridized carbons (Fsp3) is 0.176. The van der Waals surface area contributed by atoms with Crippen molar-refractivity contribution in [3.63, 3.8) is 0 Å². The molecule has 3 rings (SSSR count). The van der Waals surface area contributed by atoms with Crippen molar-refractivity contribution in [1.29, 1.82) is 0 Å². The van der Waals surface area contributed by atoms with Crippen LogP contribution in [0.2, 0.25) is 0 Å². The first-order chi connectivity index (χ1) is 12.0. The number of para-hydroxylation sites is 1. The third-order valence-corrected chi connectivity index (χ3v) is 3.38. The van der Waals surface area contributed by atoms with E-state index in [9.17, 15) is 4.79 Å². The third-order valence-electron chi connectivity index (χ3n) is 3.38. The van der Waals surface area contributed by atoms with Crippen LogP contribution in [0.3, 0.4) is 0 Å². The van der Waals surface area contributed by atoms with E-state index in [0.29, 0.717) is 17.3 Å². The molecule has 0 saturated carbocycles. The highest BCUT2D eigenvalue weighted by atomic mass is 16.3. The van der Waals surface area contributed by atoms with Crippen molar-refractivity contribution in [1.82, 2.24) is 19.9 Å². The van der Waals surface area contributed by atoms with E-state index in [1.165, 1.54) is 4.90 Å². The molecule has 3 N–H and O–H groups in total. The zero-order valence-corrected chi connectivity index (χ0v) is 14.1. The highest BCUT2D eigenvalue weighted by molar-refractivity contribution is 5.93. The topological polar surface area (TPSA) is 111 Å². The van der Waals surface area contributed by atoms with Crippen LogP contribution in [0.15, 0.2) is 36.5 Å². The van der Waals surface area contributed by atoms with Gasteiger partial charge in [-0.15, -0.1) is 0 Å². The molecule has 0 aliphatic heterocycles. The Labute approximate surface area is 144 Å². The van der Waals surface area contributed by atoms with E-state index in [-0.39, 0.29) is 12.4 Å². The number of hydrogen-bond donors (Lipinski definition) is 3. The number of benzene rings is 1. The summed E-state index contributed by atoms with van der Waals surface area (Å²) in [6.07, 6.45) is 1.55. The number of rotatable bonds is 3.